The Hall–Kier alpha value is -1.51. The van der Waals surface area contributed by atoms with Crippen LogP contribution in [0.25, 0.3) is 0 Å². The lowest BCUT2D eigenvalue weighted by Crippen LogP contribution is -2.58. The van der Waals surface area contributed by atoms with Gasteiger partial charge in [-0.3, -0.25) is 4.79 Å². The summed E-state index contributed by atoms with van der Waals surface area (Å²) in [6.45, 7) is 5.80. The molecule has 4 atom stereocenters. The molecule has 0 saturated heterocycles. The lowest BCUT2D eigenvalue weighted by Gasteiger charge is -2.65. The second kappa shape index (κ2) is 5.24. The maximum atomic E-state index is 12.5. The number of methoxy groups -OCH3 is 1. The van der Waals surface area contributed by atoms with Crippen molar-refractivity contribution in [1.82, 2.24) is 5.32 Å². The van der Waals surface area contributed by atoms with Crippen molar-refractivity contribution >= 4 is 5.91 Å². The molecular weight excluding hydrogens is 298 g/mol. The number of carbonyl (C=O) groups excluding carboxylic acids is 1. The summed E-state index contributed by atoms with van der Waals surface area (Å²) in [6.07, 6.45) is 8.06. The average molecular weight is 327 g/mol. The number of ether oxygens (including phenoxy) is 1. The van der Waals surface area contributed by atoms with E-state index in [2.05, 4.69) is 19.2 Å². The minimum absolute atomic E-state index is 0.0451. The quantitative estimate of drug-likeness (QED) is 0.889. The third kappa shape index (κ3) is 2.72. The molecule has 0 aliphatic heterocycles. The fraction of sp³-hybridized carbons (Fsp3) is 0.667. The van der Waals surface area contributed by atoms with E-state index in [1.807, 2.05) is 24.3 Å². The minimum atomic E-state index is 0.0451. The van der Waals surface area contributed by atoms with Crippen LogP contribution in [-0.4, -0.2) is 19.6 Å². The second-order valence-electron chi connectivity index (χ2n) is 9.54. The molecule has 0 heterocycles. The first-order chi connectivity index (χ1) is 11.3. The third-order valence-corrected chi connectivity index (χ3v) is 6.72. The molecule has 1 aromatic carbocycles. The van der Waals surface area contributed by atoms with Crippen molar-refractivity contribution in [3.8, 4) is 5.75 Å². The molecule has 0 aromatic heterocycles. The van der Waals surface area contributed by atoms with E-state index in [4.69, 9.17) is 4.74 Å². The molecule has 4 fully saturated rings. The summed E-state index contributed by atoms with van der Waals surface area (Å²) in [5.74, 6) is 1.70. The fourth-order valence-corrected chi connectivity index (χ4v) is 6.99. The van der Waals surface area contributed by atoms with Crippen LogP contribution in [0, 0.1) is 22.2 Å². The van der Waals surface area contributed by atoms with E-state index in [0.717, 1.165) is 23.8 Å². The zero-order chi connectivity index (χ0) is 17.0. The molecule has 4 bridgehead atoms. The van der Waals surface area contributed by atoms with Crippen molar-refractivity contribution in [3.05, 3.63) is 29.8 Å². The summed E-state index contributed by atoms with van der Waals surface area (Å²) in [5.41, 5.74) is 2.04. The first kappa shape index (κ1) is 16.0. The largest absolute Gasteiger partial charge is 0.497 e. The highest BCUT2D eigenvalue weighted by molar-refractivity contribution is 5.94. The SMILES string of the molecule is COc1ccc(C(=O)NCC23CC4C[C@@](C)(C2)C[C@](C)(C4)C3)cc1. The van der Waals surface area contributed by atoms with Gasteiger partial charge in [0.25, 0.3) is 5.91 Å². The molecule has 5 rings (SSSR count). The summed E-state index contributed by atoms with van der Waals surface area (Å²) >= 11 is 0. The van der Waals surface area contributed by atoms with Crippen LogP contribution in [0.15, 0.2) is 24.3 Å². The van der Waals surface area contributed by atoms with Crippen LogP contribution < -0.4 is 10.1 Å². The normalized spacial score (nSPS) is 39.7. The number of benzene rings is 1. The maximum Gasteiger partial charge on any atom is 0.251 e. The van der Waals surface area contributed by atoms with Gasteiger partial charge in [0.2, 0.25) is 0 Å². The van der Waals surface area contributed by atoms with Crippen LogP contribution in [0.2, 0.25) is 0 Å². The highest BCUT2D eigenvalue weighted by Gasteiger charge is 2.59. The molecule has 1 amide bonds. The third-order valence-electron chi connectivity index (χ3n) is 6.72. The van der Waals surface area contributed by atoms with Gasteiger partial charge >= 0.3 is 0 Å². The molecule has 1 N–H and O–H groups in total. The fourth-order valence-electron chi connectivity index (χ4n) is 6.99. The monoisotopic (exact) mass is 327 g/mol. The predicted molar refractivity (Wildman–Crippen MR) is 95.2 cm³/mol. The second-order valence-corrected chi connectivity index (χ2v) is 9.54. The van der Waals surface area contributed by atoms with Crippen molar-refractivity contribution in [3.63, 3.8) is 0 Å². The number of hydrogen-bond donors (Lipinski definition) is 1. The van der Waals surface area contributed by atoms with Crippen LogP contribution in [-0.2, 0) is 0 Å². The maximum absolute atomic E-state index is 12.5. The zero-order valence-electron chi connectivity index (χ0n) is 15.2. The molecule has 3 nitrogen and oxygen atoms in total. The van der Waals surface area contributed by atoms with Gasteiger partial charge < -0.3 is 10.1 Å². The van der Waals surface area contributed by atoms with Crippen molar-refractivity contribution < 1.29 is 9.53 Å². The lowest BCUT2D eigenvalue weighted by molar-refractivity contribution is -0.142. The Balaban J connectivity index is 1.46. The first-order valence-electron chi connectivity index (χ1n) is 9.25. The van der Waals surface area contributed by atoms with Crippen LogP contribution >= 0.6 is 0 Å². The molecule has 130 valence electrons. The minimum Gasteiger partial charge on any atom is -0.497 e. The molecule has 0 radical (unpaired) electrons. The number of rotatable bonds is 4. The lowest BCUT2D eigenvalue weighted by atomic mass is 9.40. The van der Waals surface area contributed by atoms with Crippen LogP contribution in [0.4, 0.5) is 0 Å². The van der Waals surface area contributed by atoms with Gasteiger partial charge in [0.1, 0.15) is 5.75 Å². The highest BCUT2D eigenvalue weighted by atomic mass is 16.5. The van der Waals surface area contributed by atoms with E-state index in [-0.39, 0.29) is 5.91 Å². The average Bonchev–Trinajstić information content (AvgIpc) is 2.49. The van der Waals surface area contributed by atoms with Crippen molar-refractivity contribution in [1.29, 1.82) is 0 Å². The Morgan fingerprint density at radius 2 is 1.71 bits per heavy atom. The summed E-state index contributed by atoms with van der Waals surface area (Å²) < 4.78 is 5.16. The zero-order valence-corrected chi connectivity index (χ0v) is 15.2. The molecule has 4 aliphatic rings. The van der Waals surface area contributed by atoms with Gasteiger partial charge in [-0.15, -0.1) is 0 Å². The number of nitrogens with one attached hydrogen (secondary N) is 1. The number of amides is 1. The first-order valence-corrected chi connectivity index (χ1v) is 9.25. The van der Waals surface area contributed by atoms with E-state index in [0.29, 0.717) is 16.2 Å². The van der Waals surface area contributed by atoms with Gasteiger partial charge in [-0.05, 0) is 85.0 Å². The van der Waals surface area contributed by atoms with E-state index in [9.17, 15) is 4.79 Å². The Morgan fingerprint density at radius 3 is 2.25 bits per heavy atom. The molecular formula is C21H29NO2. The van der Waals surface area contributed by atoms with E-state index < -0.39 is 0 Å². The molecule has 4 aliphatic carbocycles. The molecule has 0 spiro atoms. The Bertz CT molecular complexity index is 632. The van der Waals surface area contributed by atoms with Crippen molar-refractivity contribution in [2.24, 2.45) is 22.2 Å². The predicted octanol–water partition coefficient (Wildman–Crippen LogP) is 4.42. The molecule has 2 unspecified atom stereocenters. The van der Waals surface area contributed by atoms with Crippen molar-refractivity contribution in [2.45, 2.75) is 52.4 Å². The molecule has 1 aromatic rings. The standard InChI is InChI=1S/C21H29NO2/c1-19-8-15-9-20(2,11-19)13-21(10-15,12-19)14-22-18(23)16-4-6-17(24-3)7-5-16/h4-7,15H,8-14H2,1-3H3,(H,22,23)/t15?,19-,20+,21?. The summed E-state index contributed by atoms with van der Waals surface area (Å²) in [6, 6.07) is 7.39. The summed E-state index contributed by atoms with van der Waals surface area (Å²) in [7, 11) is 1.64. The number of hydrogen-bond acceptors (Lipinski definition) is 2. The molecule has 3 heteroatoms. The van der Waals surface area contributed by atoms with Crippen molar-refractivity contribution in [2.75, 3.05) is 13.7 Å². The Morgan fingerprint density at radius 1 is 1.08 bits per heavy atom. The van der Waals surface area contributed by atoms with E-state index >= 15 is 0 Å². The summed E-state index contributed by atoms with van der Waals surface area (Å²) in [5, 5.41) is 3.25. The van der Waals surface area contributed by atoms with E-state index in [1.165, 1.54) is 38.5 Å². The van der Waals surface area contributed by atoms with Crippen LogP contribution in [0.3, 0.4) is 0 Å². The van der Waals surface area contributed by atoms with E-state index in [1.54, 1.807) is 7.11 Å². The van der Waals surface area contributed by atoms with Gasteiger partial charge in [-0.2, -0.15) is 0 Å². The molecule has 4 saturated carbocycles. The van der Waals surface area contributed by atoms with Gasteiger partial charge in [-0.25, -0.2) is 0 Å². The Labute approximate surface area is 145 Å². The summed E-state index contributed by atoms with van der Waals surface area (Å²) in [4.78, 5) is 12.5. The highest BCUT2D eigenvalue weighted by Crippen LogP contribution is 2.69. The topological polar surface area (TPSA) is 38.3 Å². The van der Waals surface area contributed by atoms with Gasteiger partial charge in [0, 0.05) is 12.1 Å². The van der Waals surface area contributed by atoms with Crippen LogP contribution in [0.1, 0.15) is 62.7 Å². The van der Waals surface area contributed by atoms with Gasteiger partial charge in [0.15, 0.2) is 0 Å². The van der Waals surface area contributed by atoms with Gasteiger partial charge in [0.05, 0.1) is 7.11 Å². The Kier molecular flexibility index (Phi) is 3.49. The molecule has 24 heavy (non-hydrogen) atoms. The van der Waals surface area contributed by atoms with Crippen LogP contribution in [0.5, 0.6) is 5.75 Å². The number of carbonyl (C=O) groups is 1. The van der Waals surface area contributed by atoms with Gasteiger partial charge in [-0.1, -0.05) is 13.8 Å². The smallest absolute Gasteiger partial charge is 0.251 e.